The van der Waals surface area contributed by atoms with E-state index in [2.05, 4.69) is 52.1 Å². The third-order valence-electron chi connectivity index (χ3n) is 5.26. The Kier molecular flexibility index (Phi) is 2.06. The van der Waals surface area contributed by atoms with Gasteiger partial charge in [0.25, 0.3) is 0 Å². The van der Waals surface area contributed by atoms with Crippen LogP contribution in [0.1, 0.15) is 61.6 Å². The average Bonchev–Trinajstić information content (AvgIpc) is 3.10. The highest BCUT2D eigenvalue weighted by Crippen LogP contribution is 2.59. The van der Waals surface area contributed by atoms with Gasteiger partial charge in [0.1, 0.15) is 0 Å². The fraction of sp³-hybridized carbons (Fsp3) is 0.562. The maximum Gasteiger partial charge on any atom is 0.0997 e. The van der Waals surface area contributed by atoms with Gasteiger partial charge in [0.15, 0.2) is 0 Å². The Labute approximate surface area is 109 Å². The summed E-state index contributed by atoms with van der Waals surface area (Å²) in [4.78, 5) is 0. The molecule has 1 saturated heterocycles. The molecular weight excluding hydrogens is 220 g/mol. The van der Waals surface area contributed by atoms with Crippen LogP contribution in [0.3, 0.4) is 0 Å². The molecule has 2 nitrogen and oxygen atoms in total. The van der Waals surface area contributed by atoms with Gasteiger partial charge < -0.3 is 5.32 Å². The molecule has 3 rings (SSSR count). The molecule has 1 aliphatic heterocycles. The summed E-state index contributed by atoms with van der Waals surface area (Å²) in [5, 5.41) is 12.8. The van der Waals surface area contributed by atoms with E-state index in [9.17, 15) is 5.26 Å². The number of nitrogens with one attached hydrogen (secondary N) is 1. The van der Waals surface area contributed by atoms with Gasteiger partial charge in [-0.15, -0.1) is 0 Å². The molecule has 94 valence electrons. The van der Waals surface area contributed by atoms with Crippen LogP contribution >= 0.6 is 0 Å². The lowest BCUT2D eigenvalue weighted by atomic mass is 9.47. The molecular formula is C16H20N2. The van der Waals surface area contributed by atoms with E-state index in [1.54, 1.807) is 0 Å². The van der Waals surface area contributed by atoms with E-state index in [1.807, 2.05) is 0 Å². The third-order valence-corrected chi connectivity index (χ3v) is 5.26. The summed E-state index contributed by atoms with van der Waals surface area (Å²) in [6.45, 7) is 12.3. The Bertz CT molecular complexity index is 584. The fourth-order valence-corrected chi connectivity index (χ4v) is 3.40. The molecule has 18 heavy (non-hydrogen) atoms. The number of nitrogens with zero attached hydrogens (tertiary/aromatic N) is 1. The van der Waals surface area contributed by atoms with Gasteiger partial charge in [-0.3, -0.25) is 0 Å². The zero-order valence-electron chi connectivity index (χ0n) is 11.8. The summed E-state index contributed by atoms with van der Waals surface area (Å²) < 4.78 is 0. The van der Waals surface area contributed by atoms with Gasteiger partial charge in [-0.05, 0) is 34.6 Å². The summed E-state index contributed by atoms with van der Waals surface area (Å²) in [6, 6.07) is 5.15. The van der Waals surface area contributed by atoms with Crippen molar-refractivity contribution in [1.29, 1.82) is 5.26 Å². The first-order valence-electron chi connectivity index (χ1n) is 6.64. The maximum atomic E-state index is 9.44. The van der Waals surface area contributed by atoms with Gasteiger partial charge in [-0.2, -0.15) is 5.26 Å². The highest BCUT2D eigenvalue weighted by Gasteiger charge is 2.55. The Morgan fingerprint density at radius 2 is 1.78 bits per heavy atom. The number of hydrogen-bond donors (Lipinski definition) is 1. The van der Waals surface area contributed by atoms with Crippen LogP contribution < -0.4 is 5.32 Å². The normalized spacial score (nSPS) is 25.9. The molecule has 0 saturated carbocycles. The molecule has 0 spiro atoms. The molecule has 1 unspecified atom stereocenters. The summed E-state index contributed by atoms with van der Waals surface area (Å²) in [5.41, 5.74) is 6.40. The van der Waals surface area contributed by atoms with Crippen LogP contribution in [0.5, 0.6) is 0 Å². The smallest absolute Gasteiger partial charge is 0.0997 e. The van der Waals surface area contributed by atoms with E-state index in [0.717, 1.165) is 17.7 Å². The quantitative estimate of drug-likeness (QED) is 0.767. The molecule has 2 aliphatic rings. The van der Waals surface area contributed by atoms with Crippen molar-refractivity contribution in [2.24, 2.45) is 0 Å². The first kappa shape index (κ1) is 11.7. The van der Waals surface area contributed by atoms with Crippen LogP contribution in [0.4, 0.5) is 0 Å². The van der Waals surface area contributed by atoms with E-state index in [4.69, 9.17) is 0 Å². The van der Waals surface area contributed by atoms with Crippen molar-refractivity contribution in [1.82, 2.24) is 5.32 Å². The lowest BCUT2D eigenvalue weighted by Gasteiger charge is -2.56. The van der Waals surface area contributed by atoms with E-state index >= 15 is 0 Å². The van der Waals surface area contributed by atoms with Gasteiger partial charge in [0.2, 0.25) is 0 Å². The van der Waals surface area contributed by atoms with Gasteiger partial charge in [0.05, 0.1) is 11.6 Å². The SMILES string of the molecule is Cc1cc(C2CN2)c2c(c1C#N)C(C)(C)C2(C)C. The van der Waals surface area contributed by atoms with Crippen molar-refractivity contribution >= 4 is 0 Å². The lowest BCUT2D eigenvalue weighted by Crippen LogP contribution is -2.52. The average molecular weight is 240 g/mol. The Hall–Kier alpha value is -1.33. The molecule has 2 heteroatoms. The Morgan fingerprint density at radius 1 is 1.22 bits per heavy atom. The van der Waals surface area contributed by atoms with Gasteiger partial charge in [-0.25, -0.2) is 0 Å². The fourth-order valence-electron chi connectivity index (χ4n) is 3.40. The molecule has 0 aromatic heterocycles. The number of benzene rings is 1. The van der Waals surface area contributed by atoms with E-state index in [0.29, 0.717) is 6.04 Å². The van der Waals surface area contributed by atoms with E-state index < -0.39 is 0 Å². The Balaban J connectivity index is 2.35. The van der Waals surface area contributed by atoms with Crippen LogP contribution in [-0.4, -0.2) is 6.54 Å². The minimum atomic E-state index is 0.0864. The second-order valence-electron chi connectivity index (χ2n) is 6.73. The molecule has 1 atom stereocenters. The van der Waals surface area contributed by atoms with Gasteiger partial charge >= 0.3 is 0 Å². The number of fused-ring (bicyclic) bond motifs is 1. The topological polar surface area (TPSA) is 45.7 Å². The van der Waals surface area contributed by atoms with Crippen molar-refractivity contribution in [3.63, 3.8) is 0 Å². The monoisotopic (exact) mass is 240 g/mol. The highest BCUT2D eigenvalue weighted by atomic mass is 15.1. The summed E-state index contributed by atoms with van der Waals surface area (Å²) in [5.74, 6) is 0. The van der Waals surface area contributed by atoms with E-state index in [1.165, 1.54) is 16.7 Å². The summed E-state index contributed by atoms with van der Waals surface area (Å²) >= 11 is 0. The standard InChI is InChI=1S/C16H20N2/c1-9-6-10(12-8-18-12)13-14(11(9)7-17)16(4,5)15(13,2)3/h6,12,18H,8H2,1-5H3. The number of aryl methyl sites for hydroxylation is 1. The lowest BCUT2D eigenvalue weighted by molar-refractivity contribution is 0.238. The minimum Gasteiger partial charge on any atom is -0.307 e. The summed E-state index contributed by atoms with van der Waals surface area (Å²) in [6.07, 6.45) is 0. The molecule has 0 bridgehead atoms. The molecule has 1 aliphatic carbocycles. The maximum absolute atomic E-state index is 9.44. The first-order chi connectivity index (χ1) is 8.32. The van der Waals surface area contributed by atoms with E-state index in [-0.39, 0.29) is 10.8 Å². The zero-order chi connectivity index (χ0) is 13.3. The molecule has 1 aromatic carbocycles. The van der Waals surface area contributed by atoms with Crippen molar-refractivity contribution < 1.29 is 0 Å². The number of nitriles is 1. The van der Waals surface area contributed by atoms with Crippen LogP contribution in [0.25, 0.3) is 0 Å². The van der Waals surface area contributed by atoms with Crippen molar-refractivity contribution in [2.45, 2.75) is 51.5 Å². The molecule has 1 heterocycles. The molecule has 0 amide bonds. The van der Waals surface area contributed by atoms with Gasteiger partial charge in [-0.1, -0.05) is 33.8 Å². The molecule has 1 fully saturated rings. The van der Waals surface area contributed by atoms with Crippen molar-refractivity contribution in [2.75, 3.05) is 6.54 Å². The van der Waals surface area contributed by atoms with Gasteiger partial charge in [0, 0.05) is 18.0 Å². The summed E-state index contributed by atoms with van der Waals surface area (Å²) in [7, 11) is 0. The van der Waals surface area contributed by atoms with Crippen LogP contribution in [0, 0.1) is 18.3 Å². The number of hydrogen-bond acceptors (Lipinski definition) is 2. The van der Waals surface area contributed by atoms with Crippen LogP contribution in [-0.2, 0) is 10.8 Å². The predicted octanol–water partition coefficient (Wildman–Crippen LogP) is 3.08. The first-order valence-corrected chi connectivity index (χ1v) is 6.64. The molecule has 0 radical (unpaired) electrons. The van der Waals surface area contributed by atoms with Crippen LogP contribution in [0.2, 0.25) is 0 Å². The molecule has 1 aromatic rings. The molecule has 1 N–H and O–H groups in total. The third kappa shape index (κ3) is 1.16. The van der Waals surface area contributed by atoms with Crippen molar-refractivity contribution in [3.05, 3.63) is 33.9 Å². The predicted molar refractivity (Wildman–Crippen MR) is 72.7 cm³/mol. The second-order valence-corrected chi connectivity index (χ2v) is 6.73. The van der Waals surface area contributed by atoms with Crippen molar-refractivity contribution in [3.8, 4) is 6.07 Å². The number of rotatable bonds is 1. The minimum absolute atomic E-state index is 0.0864. The van der Waals surface area contributed by atoms with Crippen LogP contribution in [0.15, 0.2) is 6.07 Å². The Morgan fingerprint density at radius 3 is 2.28 bits per heavy atom. The second kappa shape index (κ2) is 3.16. The highest BCUT2D eigenvalue weighted by molar-refractivity contribution is 5.66. The zero-order valence-corrected chi connectivity index (χ0v) is 11.8. The largest absolute Gasteiger partial charge is 0.307 e.